The van der Waals surface area contributed by atoms with Gasteiger partial charge < -0.3 is 0 Å². The van der Waals surface area contributed by atoms with Crippen molar-refractivity contribution < 1.29 is 0 Å². The lowest BCUT2D eigenvalue weighted by Gasteiger charge is -2.29. The van der Waals surface area contributed by atoms with E-state index in [1.807, 2.05) is 18.2 Å². The molecule has 0 aliphatic heterocycles. The van der Waals surface area contributed by atoms with Gasteiger partial charge in [-0.3, -0.25) is 0 Å². The highest BCUT2D eigenvalue weighted by Gasteiger charge is 2.44. The van der Waals surface area contributed by atoms with E-state index >= 15 is 0 Å². The quantitative estimate of drug-likeness (QED) is 0.557. The van der Waals surface area contributed by atoms with Crippen molar-refractivity contribution in [2.24, 2.45) is 0 Å². The van der Waals surface area contributed by atoms with Gasteiger partial charge in [-0.05, 0) is 5.19 Å². The molecule has 0 N–H and O–H groups in total. The first-order valence-corrected chi connectivity index (χ1v) is 12.8. The predicted molar refractivity (Wildman–Crippen MR) is 66.9 cm³/mol. The second-order valence-electron chi connectivity index (χ2n) is 3.84. The van der Waals surface area contributed by atoms with Crippen molar-refractivity contribution in [3.05, 3.63) is 30.3 Å². The van der Waals surface area contributed by atoms with E-state index in [0.717, 1.165) is 0 Å². The summed E-state index contributed by atoms with van der Waals surface area (Å²) in [6.45, 7) is 2.74. The van der Waals surface area contributed by atoms with Gasteiger partial charge in [0.15, 0.2) is 13.8 Å². The molecule has 1 aromatic carbocycles. The summed E-state index contributed by atoms with van der Waals surface area (Å²) in [6, 6.07) is 10.3. The van der Waals surface area contributed by atoms with Gasteiger partial charge in [0.05, 0.1) is 0 Å². The zero-order chi connectivity index (χ0) is 10.1. The maximum absolute atomic E-state index is 6.61. The highest BCUT2D eigenvalue weighted by Crippen LogP contribution is 2.26. The van der Waals surface area contributed by atoms with E-state index in [9.17, 15) is 0 Å². The van der Waals surface area contributed by atoms with Crippen molar-refractivity contribution >= 4 is 41.1 Å². The van der Waals surface area contributed by atoms with Gasteiger partial charge in [-0.25, -0.2) is 0 Å². The number of benzene rings is 1. The van der Waals surface area contributed by atoms with E-state index in [0.29, 0.717) is 0 Å². The van der Waals surface area contributed by atoms with Crippen LogP contribution in [-0.2, 0) is 0 Å². The van der Waals surface area contributed by atoms with Gasteiger partial charge in [0, 0.05) is 0 Å². The summed E-state index contributed by atoms with van der Waals surface area (Å²) >= 11 is 13.0. The molecule has 1 atom stereocenters. The second kappa shape index (κ2) is 3.77. The molecule has 0 amide bonds. The average Bonchev–Trinajstić information content (AvgIpc) is 2.04. The summed E-state index contributed by atoms with van der Waals surface area (Å²) in [5.74, 6) is 0. The smallest absolute Gasteiger partial charge is 0.169 e. The van der Waals surface area contributed by atoms with Gasteiger partial charge in [0.25, 0.3) is 0 Å². The molecule has 0 fully saturated rings. The van der Waals surface area contributed by atoms with E-state index < -0.39 is 13.8 Å². The fraction of sp³-hybridized carbons (Fsp3) is 0.333. The lowest BCUT2D eigenvalue weighted by molar-refractivity contribution is 1.75. The first-order chi connectivity index (χ1) is 5.86. The van der Waals surface area contributed by atoms with Crippen LogP contribution in [0.25, 0.3) is 0 Å². The van der Waals surface area contributed by atoms with Crippen LogP contribution in [0, 0.1) is 0 Å². The Labute approximate surface area is 91.1 Å². The average molecular weight is 249 g/mol. The summed E-state index contributed by atoms with van der Waals surface area (Å²) in [6.07, 6.45) is 0. The maximum Gasteiger partial charge on any atom is 0.191 e. The van der Waals surface area contributed by atoms with Crippen LogP contribution < -0.4 is 5.19 Å². The molecular formula is C9H14Cl2Si2. The van der Waals surface area contributed by atoms with E-state index in [1.54, 1.807) is 0 Å². The molecule has 1 aromatic rings. The van der Waals surface area contributed by atoms with Crippen molar-refractivity contribution in [2.75, 3.05) is 0 Å². The SMILES string of the molecule is C[Si](C)(Cl)[Si](C)(Cl)c1ccccc1. The van der Waals surface area contributed by atoms with Crippen molar-refractivity contribution in [3.8, 4) is 0 Å². The molecule has 0 aromatic heterocycles. The minimum Gasteiger partial charge on any atom is -0.169 e. The molecule has 4 heteroatoms. The van der Waals surface area contributed by atoms with Crippen LogP contribution in [0.5, 0.6) is 0 Å². The molecule has 0 saturated heterocycles. The highest BCUT2D eigenvalue weighted by atomic mass is 35.6. The third-order valence-corrected chi connectivity index (χ3v) is 22.8. The van der Waals surface area contributed by atoms with E-state index in [-0.39, 0.29) is 0 Å². The van der Waals surface area contributed by atoms with Crippen LogP contribution >= 0.6 is 22.2 Å². The second-order valence-corrected chi connectivity index (χ2v) is 23.1. The van der Waals surface area contributed by atoms with Gasteiger partial charge in [0.1, 0.15) is 0 Å². The Morgan fingerprint density at radius 2 is 1.38 bits per heavy atom. The molecule has 1 rings (SSSR count). The molecule has 0 spiro atoms. The summed E-state index contributed by atoms with van der Waals surface area (Å²) < 4.78 is 0. The Kier molecular flexibility index (Phi) is 3.28. The number of halogens is 2. The third kappa shape index (κ3) is 2.37. The zero-order valence-corrected chi connectivity index (χ0v) is 11.7. The fourth-order valence-electron chi connectivity index (χ4n) is 1.09. The van der Waals surface area contributed by atoms with Gasteiger partial charge >= 0.3 is 0 Å². The van der Waals surface area contributed by atoms with Crippen LogP contribution in [0.2, 0.25) is 19.6 Å². The Morgan fingerprint density at radius 1 is 0.923 bits per heavy atom. The van der Waals surface area contributed by atoms with Gasteiger partial charge in [0.2, 0.25) is 0 Å². The van der Waals surface area contributed by atoms with Crippen LogP contribution in [-0.4, -0.2) is 13.8 Å². The van der Waals surface area contributed by atoms with E-state index in [1.165, 1.54) is 5.19 Å². The lowest BCUT2D eigenvalue weighted by atomic mass is 10.4. The Bertz CT molecular complexity index is 277. The lowest BCUT2D eigenvalue weighted by Crippen LogP contribution is -2.57. The number of rotatable bonds is 2. The molecule has 0 radical (unpaired) electrons. The summed E-state index contributed by atoms with van der Waals surface area (Å²) in [5.41, 5.74) is 0. The van der Waals surface area contributed by atoms with E-state index in [2.05, 4.69) is 31.8 Å². The predicted octanol–water partition coefficient (Wildman–Crippen LogP) is 3.23. The molecule has 13 heavy (non-hydrogen) atoms. The summed E-state index contributed by atoms with van der Waals surface area (Å²) in [5, 5.41) is 1.25. The Morgan fingerprint density at radius 3 is 1.77 bits per heavy atom. The molecule has 1 unspecified atom stereocenters. The molecule has 72 valence electrons. The van der Waals surface area contributed by atoms with Crippen molar-refractivity contribution in [1.82, 2.24) is 0 Å². The first kappa shape index (κ1) is 11.3. The fourth-order valence-corrected chi connectivity index (χ4v) is 6.52. The molecular weight excluding hydrogens is 235 g/mol. The van der Waals surface area contributed by atoms with Gasteiger partial charge in [-0.2, -0.15) is 22.2 Å². The maximum atomic E-state index is 6.61. The standard InChI is InChI=1S/C9H14Cl2Si2/c1-12(2,10)13(3,11)9-7-5-4-6-8-9/h4-8H,1-3H3. The van der Waals surface area contributed by atoms with Crippen LogP contribution in [0.3, 0.4) is 0 Å². The summed E-state index contributed by atoms with van der Waals surface area (Å²) in [7, 11) is 0. The molecule has 0 bridgehead atoms. The largest absolute Gasteiger partial charge is 0.191 e. The third-order valence-electron chi connectivity index (χ3n) is 2.43. The first-order valence-electron chi connectivity index (χ1n) is 4.29. The molecule has 0 heterocycles. The monoisotopic (exact) mass is 248 g/mol. The zero-order valence-electron chi connectivity index (χ0n) is 8.14. The topological polar surface area (TPSA) is 0 Å². The number of hydrogen-bond donors (Lipinski definition) is 0. The van der Waals surface area contributed by atoms with Crippen molar-refractivity contribution in [1.29, 1.82) is 0 Å². The van der Waals surface area contributed by atoms with Crippen LogP contribution in [0.15, 0.2) is 30.3 Å². The molecule has 0 saturated carbocycles. The Hall–Kier alpha value is 0.234. The molecule has 0 aliphatic rings. The molecule has 0 aliphatic carbocycles. The van der Waals surface area contributed by atoms with Crippen molar-refractivity contribution in [2.45, 2.75) is 19.6 Å². The highest BCUT2D eigenvalue weighted by molar-refractivity contribution is 7.74. The van der Waals surface area contributed by atoms with Crippen LogP contribution in [0.1, 0.15) is 0 Å². The van der Waals surface area contributed by atoms with E-state index in [4.69, 9.17) is 22.2 Å². The number of hydrogen-bond acceptors (Lipinski definition) is 0. The Balaban J connectivity index is 3.08. The van der Waals surface area contributed by atoms with Crippen molar-refractivity contribution in [3.63, 3.8) is 0 Å². The van der Waals surface area contributed by atoms with Crippen LogP contribution in [0.4, 0.5) is 0 Å². The van der Waals surface area contributed by atoms with Gasteiger partial charge in [-0.1, -0.05) is 50.0 Å². The normalized spacial score (nSPS) is 16.7. The summed E-state index contributed by atoms with van der Waals surface area (Å²) in [4.78, 5) is 0. The molecule has 0 nitrogen and oxygen atoms in total. The minimum atomic E-state index is -1.90. The van der Waals surface area contributed by atoms with Gasteiger partial charge in [-0.15, -0.1) is 0 Å². The minimum absolute atomic E-state index is 1.25.